The van der Waals surface area contributed by atoms with Crippen LogP contribution in [0.25, 0.3) is 0 Å². The second kappa shape index (κ2) is 12.1. The van der Waals surface area contributed by atoms with Gasteiger partial charge < -0.3 is 19.7 Å². The Balaban J connectivity index is 1.93. The quantitative estimate of drug-likeness (QED) is 0.488. The number of anilines is 1. The van der Waals surface area contributed by atoms with E-state index in [1.807, 2.05) is 6.92 Å². The van der Waals surface area contributed by atoms with Crippen LogP contribution < -0.4 is 19.1 Å². The summed E-state index contributed by atoms with van der Waals surface area (Å²) in [4.78, 5) is 27.6. The molecule has 0 saturated heterocycles. The molecule has 2 aromatic carbocycles. The predicted molar refractivity (Wildman–Crippen MR) is 134 cm³/mol. The van der Waals surface area contributed by atoms with E-state index in [9.17, 15) is 22.4 Å². The van der Waals surface area contributed by atoms with Crippen molar-refractivity contribution in [3.05, 3.63) is 53.8 Å². The average Bonchev–Trinajstić information content (AvgIpc) is 2.89. The minimum absolute atomic E-state index is 0.000969. The number of rotatable bonds is 11. The number of nitrogens with one attached hydrogen (secondary N) is 1. The van der Waals surface area contributed by atoms with Crippen LogP contribution in [0.4, 0.5) is 10.1 Å². The van der Waals surface area contributed by atoms with Gasteiger partial charge in [0.1, 0.15) is 31.6 Å². The molecule has 2 amide bonds. The zero-order valence-corrected chi connectivity index (χ0v) is 21.5. The topological polar surface area (TPSA) is 105 Å². The molecule has 1 atom stereocenters. The number of benzene rings is 2. The molecule has 2 aromatic rings. The predicted octanol–water partition coefficient (Wildman–Crippen LogP) is 2.70. The van der Waals surface area contributed by atoms with Crippen molar-refractivity contribution >= 4 is 27.5 Å². The third-order valence-corrected chi connectivity index (χ3v) is 7.52. The van der Waals surface area contributed by atoms with Gasteiger partial charge in [-0.05, 0) is 50.1 Å². The second-order valence-corrected chi connectivity index (χ2v) is 10.5. The molecule has 0 spiro atoms. The fourth-order valence-corrected chi connectivity index (χ4v) is 4.73. The lowest BCUT2D eigenvalue weighted by Crippen LogP contribution is -2.51. The maximum atomic E-state index is 13.6. The number of nitrogens with zero attached hydrogens (tertiary/aromatic N) is 2. The second-order valence-electron chi connectivity index (χ2n) is 8.35. The number of hydrogen-bond donors (Lipinski definition) is 1. The minimum atomic E-state index is -3.87. The lowest BCUT2D eigenvalue weighted by Gasteiger charge is -2.32. The highest BCUT2D eigenvalue weighted by Gasteiger charge is 2.31. The standard InChI is InChI=1S/C25H32FN3O6S/c1-4-12-27-25(31)18(3)28(16-19-6-8-20(26)9-7-19)24(30)17-29(36(32,33)5-2)21-10-11-22-23(15-21)35-14-13-34-22/h6-11,15,18H,4-5,12-14,16-17H2,1-3H3,(H,27,31). The summed E-state index contributed by atoms with van der Waals surface area (Å²) in [6.07, 6.45) is 0.719. The summed E-state index contributed by atoms with van der Waals surface area (Å²) in [5.41, 5.74) is 0.850. The first-order valence-corrected chi connectivity index (χ1v) is 13.5. The van der Waals surface area contributed by atoms with Gasteiger partial charge in [0.2, 0.25) is 21.8 Å². The summed E-state index contributed by atoms with van der Waals surface area (Å²) in [6, 6.07) is 9.36. The van der Waals surface area contributed by atoms with Gasteiger partial charge >= 0.3 is 0 Å². The lowest BCUT2D eigenvalue weighted by atomic mass is 10.1. The van der Waals surface area contributed by atoms with Gasteiger partial charge in [-0.2, -0.15) is 0 Å². The molecule has 1 N–H and O–H groups in total. The molecule has 0 aromatic heterocycles. The molecule has 1 aliphatic heterocycles. The van der Waals surface area contributed by atoms with Gasteiger partial charge in [0, 0.05) is 19.2 Å². The number of amides is 2. The van der Waals surface area contributed by atoms with Crippen LogP contribution in [0.3, 0.4) is 0 Å². The largest absolute Gasteiger partial charge is 0.486 e. The molecule has 36 heavy (non-hydrogen) atoms. The van der Waals surface area contributed by atoms with E-state index in [1.54, 1.807) is 19.1 Å². The fourth-order valence-electron chi connectivity index (χ4n) is 3.67. The normalized spacial score (nSPS) is 13.6. The third kappa shape index (κ3) is 6.66. The van der Waals surface area contributed by atoms with Crippen molar-refractivity contribution in [3.63, 3.8) is 0 Å². The van der Waals surface area contributed by atoms with Gasteiger partial charge in [-0.3, -0.25) is 13.9 Å². The van der Waals surface area contributed by atoms with Crippen LogP contribution in [-0.2, 0) is 26.2 Å². The highest BCUT2D eigenvalue weighted by Crippen LogP contribution is 2.35. The first kappa shape index (κ1) is 27.3. The number of halogens is 1. The van der Waals surface area contributed by atoms with Crippen LogP contribution in [0, 0.1) is 5.82 Å². The summed E-state index contributed by atoms with van der Waals surface area (Å²) < 4.78 is 51.6. The van der Waals surface area contributed by atoms with Crippen molar-refractivity contribution in [2.24, 2.45) is 0 Å². The van der Waals surface area contributed by atoms with Crippen LogP contribution in [0.1, 0.15) is 32.8 Å². The third-order valence-electron chi connectivity index (χ3n) is 5.78. The molecule has 0 bridgehead atoms. The Labute approximate surface area is 211 Å². The molecular formula is C25H32FN3O6S. The molecule has 0 radical (unpaired) electrons. The van der Waals surface area contributed by atoms with Crippen molar-refractivity contribution < 1.29 is 31.9 Å². The SMILES string of the molecule is CCCNC(=O)C(C)N(Cc1ccc(F)cc1)C(=O)CN(c1ccc2c(c1)OCCO2)S(=O)(=O)CC. The van der Waals surface area contributed by atoms with Crippen molar-refractivity contribution in [2.45, 2.75) is 39.8 Å². The molecule has 3 rings (SSSR count). The zero-order chi connectivity index (χ0) is 26.3. The maximum Gasteiger partial charge on any atom is 0.244 e. The number of sulfonamides is 1. The van der Waals surface area contributed by atoms with Crippen molar-refractivity contribution in [3.8, 4) is 11.5 Å². The van der Waals surface area contributed by atoms with Crippen LogP contribution in [0.5, 0.6) is 11.5 Å². The Bertz CT molecular complexity index is 1170. The smallest absolute Gasteiger partial charge is 0.244 e. The molecule has 1 aliphatic rings. The average molecular weight is 522 g/mol. The minimum Gasteiger partial charge on any atom is -0.486 e. The van der Waals surface area contributed by atoms with Crippen LogP contribution in [0.2, 0.25) is 0 Å². The first-order valence-electron chi connectivity index (χ1n) is 11.9. The summed E-state index contributed by atoms with van der Waals surface area (Å²) in [5.74, 6) is -0.729. The van der Waals surface area contributed by atoms with Crippen molar-refractivity contribution in [1.29, 1.82) is 0 Å². The Morgan fingerprint density at radius 1 is 1.06 bits per heavy atom. The summed E-state index contributed by atoms with van der Waals surface area (Å²) >= 11 is 0. The fraction of sp³-hybridized carbons (Fsp3) is 0.440. The number of carbonyl (C=O) groups is 2. The Hall–Kier alpha value is -3.34. The molecule has 0 saturated carbocycles. The van der Waals surface area contributed by atoms with Crippen LogP contribution in [-0.4, -0.2) is 63.2 Å². The molecule has 11 heteroatoms. The number of fused-ring (bicyclic) bond motifs is 1. The van der Waals surface area contributed by atoms with Crippen LogP contribution in [0.15, 0.2) is 42.5 Å². The Morgan fingerprint density at radius 2 is 1.72 bits per heavy atom. The lowest BCUT2D eigenvalue weighted by molar-refractivity contribution is -0.139. The number of ether oxygens (including phenoxy) is 2. The van der Waals surface area contributed by atoms with E-state index in [0.717, 1.165) is 10.7 Å². The van der Waals surface area contributed by atoms with Gasteiger partial charge in [-0.25, -0.2) is 12.8 Å². The van der Waals surface area contributed by atoms with Crippen LogP contribution >= 0.6 is 0 Å². The Morgan fingerprint density at radius 3 is 2.36 bits per heavy atom. The van der Waals surface area contributed by atoms with Gasteiger partial charge in [-0.15, -0.1) is 0 Å². The summed E-state index contributed by atoms with van der Waals surface area (Å²) in [5, 5.41) is 2.77. The van der Waals surface area contributed by atoms with Gasteiger partial charge in [0.25, 0.3) is 0 Å². The Kier molecular flexibility index (Phi) is 9.14. The molecule has 9 nitrogen and oxygen atoms in total. The van der Waals surface area contributed by atoms with E-state index >= 15 is 0 Å². The van der Waals surface area contributed by atoms with E-state index in [1.165, 1.54) is 42.2 Å². The van der Waals surface area contributed by atoms with E-state index in [4.69, 9.17) is 9.47 Å². The summed E-state index contributed by atoms with van der Waals surface area (Å²) in [7, 11) is -3.87. The van der Waals surface area contributed by atoms with E-state index in [-0.39, 0.29) is 23.9 Å². The molecule has 1 heterocycles. The molecule has 0 aliphatic carbocycles. The maximum absolute atomic E-state index is 13.6. The molecule has 196 valence electrons. The first-order chi connectivity index (χ1) is 17.2. The molecular weight excluding hydrogens is 489 g/mol. The van der Waals surface area contributed by atoms with Crippen molar-refractivity contribution in [2.75, 3.05) is 36.4 Å². The van der Waals surface area contributed by atoms with E-state index in [0.29, 0.717) is 36.8 Å². The monoisotopic (exact) mass is 521 g/mol. The van der Waals surface area contributed by atoms with E-state index < -0.39 is 34.3 Å². The van der Waals surface area contributed by atoms with Gasteiger partial charge in [0.05, 0.1) is 11.4 Å². The molecule has 0 fully saturated rings. The number of carbonyl (C=O) groups excluding carboxylic acids is 2. The molecule has 1 unspecified atom stereocenters. The van der Waals surface area contributed by atoms with Crippen molar-refractivity contribution in [1.82, 2.24) is 10.2 Å². The summed E-state index contributed by atoms with van der Waals surface area (Å²) in [6.45, 7) is 5.60. The van der Waals surface area contributed by atoms with E-state index in [2.05, 4.69) is 5.32 Å². The zero-order valence-electron chi connectivity index (χ0n) is 20.7. The van der Waals surface area contributed by atoms with Gasteiger partial charge in [-0.1, -0.05) is 19.1 Å². The number of hydrogen-bond acceptors (Lipinski definition) is 6. The van der Waals surface area contributed by atoms with Gasteiger partial charge in [0.15, 0.2) is 11.5 Å². The highest BCUT2D eigenvalue weighted by molar-refractivity contribution is 7.92. The highest BCUT2D eigenvalue weighted by atomic mass is 32.2.